The fourth-order valence-electron chi connectivity index (χ4n) is 2.28. The molecule has 0 fully saturated rings. The van der Waals surface area contributed by atoms with E-state index in [0.29, 0.717) is 0 Å². The highest BCUT2D eigenvalue weighted by Gasteiger charge is 2.11. The number of carboxylic acid groups (broad SMARTS) is 1. The molecule has 0 aliphatic rings. The molecule has 0 spiro atoms. The van der Waals surface area contributed by atoms with Crippen LogP contribution in [0.1, 0.15) is 5.56 Å². The summed E-state index contributed by atoms with van der Waals surface area (Å²) in [5.74, 6) is -0.965. The first-order valence-electron chi connectivity index (χ1n) is 6.86. The second-order valence-electron chi connectivity index (χ2n) is 4.72. The summed E-state index contributed by atoms with van der Waals surface area (Å²) in [6.07, 6.45) is 8.09. The predicted octanol–water partition coefficient (Wildman–Crippen LogP) is 3.66. The third-order valence-corrected chi connectivity index (χ3v) is 3.24. The Balaban J connectivity index is 2.11. The standard InChI is InChI=1S/C18H14N2O2/c21-17(22)12-5-4-10-15-16-11-6-7-13-20(16)19-18(15)14-8-2-1-3-9-14/h1-13H,(H,21,22). The van der Waals surface area contributed by atoms with Crippen molar-refractivity contribution < 1.29 is 9.90 Å². The van der Waals surface area contributed by atoms with Crippen molar-refractivity contribution in [3.05, 3.63) is 78.5 Å². The van der Waals surface area contributed by atoms with Gasteiger partial charge in [-0.1, -0.05) is 54.6 Å². The zero-order valence-electron chi connectivity index (χ0n) is 11.8. The summed E-state index contributed by atoms with van der Waals surface area (Å²) < 4.78 is 1.82. The van der Waals surface area contributed by atoms with Crippen LogP contribution in [0.4, 0.5) is 0 Å². The van der Waals surface area contributed by atoms with E-state index in [1.165, 1.54) is 6.08 Å². The van der Waals surface area contributed by atoms with Gasteiger partial charge in [0, 0.05) is 23.4 Å². The minimum absolute atomic E-state index is 0.867. The first-order chi connectivity index (χ1) is 10.8. The zero-order valence-corrected chi connectivity index (χ0v) is 11.8. The number of hydrogen-bond donors (Lipinski definition) is 1. The Kier molecular flexibility index (Phi) is 3.83. The van der Waals surface area contributed by atoms with Crippen LogP contribution in [0.25, 0.3) is 22.9 Å². The Bertz CT molecular complexity index is 861. The normalized spacial score (nSPS) is 11.6. The van der Waals surface area contributed by atoms with Gasteiger partial charge in [0.1, 0.15) is 5.69 Å². The van der Waals surface area contributed by atoms with Crippen molar-refractivity contribution in [2.45, 2.75) is 0 Å². The molecule has 0 atom stereocenters. The zero-order chi connectivity index (χ0) is 15.4. The Morgan fingerprint density at radius 1 is 1.05 bits per heavy atom. The van der Waals surface area contributed by atoms with Crippen LogP contribution in [0.5, 0.6) is 0 Å². The molecule has 4 heteroatoms. The molecule has 3 aromatic rings. The van der Waals surface area contributed by atoms with Crippen molar-refractivity contribution in [3.63, 3.8) is 0 Å². The van der Waals surface area contributed by atoms with Crippen LogP contribution in [0.3, 0.4) is 0 Å². The highest BCUT2D eigenvalue weighted by molar-refractivity contribution is 5.84. The topological polar surface area (TPSA) is 54.6 Å². The molecule has 1 N–H and O–H groups in total. The first-order valence-corrected chi connectivity index (χ1v) is 6.86. The molecular weight excluding hydrogens is 276 g/mol. The number of nitrogens with zero attached hydrogens (tertiary/aromatic N) is 2. The molecule has 0 aliphatic heterocycles. The van der Waals surface area contributed by atoms with Gasteiger partial charge in [-0.3, -0.25) is 0 Å². The monoisotopic (exact) mass is 290 g/mol. The third kappa shape index (κ3) is 2.81. The van der Waals surface area contributed by atoms with Crippen molar-refractivity contribution in [1.29, 1.82) is 0 Å². The number of benzene rings is 1. The molecule has 0 aliphatic carbocycles. The average Bonchev–Trinajstić information content (AvgIpc) is 2.91. The number of carboxylic acids is 1. The van der Waals surface area contributed by atoms with E-state index in [0.717, 1.165) is 28.4 Å². The number of carbonyl (C=O) groups is 1. The van der Waals surface area contributed by atoms with E-state index in [1.54, 1.807) is 6.08 Å². The minimum atomic E-state index is -0.965. The smallest absolute Gasteiger partial charge is 0.328 e. The van der Waals surface area contributed by atoms with Crippen molar-refractivity contribution >= 4 is 17.6 Å². The van der Waals surface area contributed by atoms with E-state index in [-0.39, 0.29) is 0 Å². The molecular formula is C18H14N2O2. The quantitative estimate of drug-likeness (QED) is 0.589. The van der Waals surface area contributed by atoms with E-state index < -0.39 is 5.97 Å². The highest BCUT2D eigenvalue weighted by atomic mass is 16.4. The van der Waals surface area contributed by atoms with Gasteiger partial charge in [0.25, 0.3) is 0 Å². The van der Waals surface area contributed by atoms with E-state index in [9.17, 15) is 4.79 Å². The molecule has 0 bridgehead atoms. The molecule has 0 saturated heterocycles. The van der Waals surface area contributed by atoms with Gasteiger partial charge in [0.05, 0.1) is 5.52 Å². The van der Waals surface area contributed by atoms with Crippen molar-refractivity contribution in [2.24, 2.45) is 0 Å². The maximum atomic E-state index is 10.5. The molecule has 0 saturated carbocycles. The summed E-state index contributed by atoms with van der Waals surface area (Å²) in [6.45, 7) is 0. The van der Waals surface area contributed by atoms with Crippen molar-refractivity contribution in [3.8, 4) is 11.3 Å². The number of allylic oxidation sites excluding steroid dienone is 2. The largest absolute Gasteiger partial charge is 0.478 e. The van der Waals surface area contributed by atoms with Crippen LogP contribution in [-0.4, -0.2) is 20.7 Å². The molecule has 0 unspecified atom stereocenters. The highest BCUT2D eigenvalue weighted by Crippen LogP contribution is 2.27. The number of hydrogen-bond acceptors (Lipinski definition) is 2. The number of aliphatic carboxylic acids is 1. The number of aromatic nitrogens is 2. The maximum absolute atomic E-state index is 10.5. The average molecular weight is 290 g/mol. The van der Waals surface area contributed by atoms with Gasteiger partial charge in [-0.25, -0.2) is 9.31 Å². The molecule has 22 heavy (non-hydrogen) atoms. The molecule has 2 aromatic heterocycles. The van der Waals surface area contributed by atoms with E-state index in [1.807, 2.05) is 65.3 Å². The summed E-state index contributed by atoms with van der Waals surface area (Å²) in [7, 11) is 0. The second kappa shape index (κ2) is 6.10. The lowest BCUT2D eigenvalue weighted by atomic mass is 10.1. The molecule has 108 valence electrons. The SMILES string of the molecule is O=C(O)C=CC=Cc1c(-c2ccccc2)nn2ccccc12. The van der Waals surface area contributed by atoms with Crippen LogP contribution in [0.15, 0.2) is 73.0 Å². The van der Waals surface area contributed by atoms with Gasteiger partial charge < -0.3 is 5.11 Å². The van der Waals surface area contributed by atoms with Gasteiger partial charge >= 0.3 is 5.97 Å². The first kappa shape index (κ1) is 13.8. The van der Waals surface area contributed by atoms with E-state index in [2.05, 4.69) is 5.10 Å². The molecule has 1 aromatic carbocycles. The molecule has 4 nitrogen and oxygen atoms in total. The fraction of sp³-hybridized carbons (Fsp3) is 0. The van der Waals surface area contributed by atoms with Crippen molar-refractivity contribution in [2.75, 3.05) is 0 Å². The Hall–Kier alpha value is -3.14. The summed E-state index contributed by atoms with van der Waals surface area (Å²) in [6, 6.07) is 15.8. The Morgan fingerprint density at radius 3 is 2.59 bits per heavy atom. The van der Waals surface area contributed by atoms with Gasteiger partial charge in [-0.15, -0.1) is 0 Å². The maximum Gasteiger partial charge on any atom is 0.328 e. The van der Waals surface area contributed by atoms with Crippen molar-refractivity contribution in [1.82, 2.24) is 9.61 Å². The van der Waals surface area contributed by atoms with Gasteiger partial charge in [0.2, 0.25) is 0 Å². The van der Waals surface area contributed by atoms with Crippen LogP contribution in [0, 0.1) is 0 Å². The fourth-order valence-corrected chi connectivity index (χ4v) is 2.28. The number of rotatable bonds is 4. The summed E-state index contributed by atoms with van der Waals surface area (Å²) in [5.41, 5.74) is 3.82. The Morgan fingerprint density at radius 2 is 1.82 bits per heavy atom. The van der Waals surface area contributed by atoms with E-state index >= 15 is 0 Å². The van der Waals surface area contributed by atoms with Gasteiger partial charge in [0.15, 0.2) is 0 Å². The molecule has 2 heterocycles. The minimum Gasteiger partial charge on any atom is -0.478 e. The van der Waals surface area contributed by atoms with Crippen LogP contribution >= 0.6 is 0 Å². The van der Waals surface area contributed by atoms with E-state index in [4.69, 9.17) is 5.11 Å². The lowest BCUT2D eigenvalue weighted by molar-refractivity contribution is -0.131. The number of pyridine rings is 1. The van der Waals surface area contributed by atoms with Gasteiger partial charge in [-0.05, 0) is 12.1 Å². The third-order valence-electron chi connectivity index (χ3n) is 3.24. The lowest BCUT2D eigenvalue weighted by Gasteiger charge is -1.97. The van der Waals surface area contributed by atoms with Crippen LogP contribution < -0.4 is 0 Å². The predicted molar refractivity (Wildman–Crippen MR) is 86.4 cm³/mol. The lowest BCUT2D eigenvalue weighted by Crippen LogP contribution is -1.84. The molecule has 0 amide bonds. The second-order valence-corrected chi connectivity index (χ2v) is 4.72. The summed E-state index contributed by atoms with van der Waals surface area (Å²) in [5, 5.41) is 13.3. The molecule has 0 radical (unpaired) electrons. The van der Waals surface area contributed by atoms with Crippen LogP contribution in [-0.2, 0) is 4.79 Å². The molecule has 3 rings (SSSR count). The summed E-state index contributed by atoms with van der Waals surface area (Å²) >= 11 is 0. The van der Waals surface area contributed by atoms with Crippen LogP contribution in [0.2, 0.25) is 0 Å². The number of fused-ring (bicyclic) bond motifs is 1. The Labute approximate surface area is 127 Å². The summed E-state index contributed by atoms with van der Waals surface area (Å²) in [4.78, 5) is 10.5. The van der Waals surface area contributed by atoms with Gasteiger partial charge in [-0.2, -0.15) is 5.10 Å².